The molecule has 0 bridgehead atoms. The molecule has 7 nitrogen and oxygen atoms in total. The third-order valence-corrected chi connectivity index (χ3v) is 4.44. The number of para-hydroxylation sites is 1. The fourth-order valence-electron chi connectivity index (χ4n) is 2.97. The Balaban J connectivity index is 1.60. The molecule has 0 spiro atoms. The minimum atomic E-state index is -0.527. The third-order valence-electron chi connectivity index (χ3n) is 4.44. The van der Waals surface area contributed by atoms with Gasteiger partial charge in [0.05, 0.1) is 18.5 Å². The summed E-state index contributed by atoms with van der Waals surface area (Å²) in [4.78, 5) is 16.8. The summed E-state index contributed by atoms with van der Waals surface area (Å²) in [6, 6.07) is 23.1. The minimum Gasteiger partial charge on any atom is -0.485 e. The van der Waals surface area contributed by atoms with E-state index in [2.05, 4.69) is 15.4 Å². The van der Waals surface area contributed by atoms with Crippen LogP contribution in [0.4, 0.5) is 11.5 Å². The molecule has 2 heterocycles. The number of ether oxygens (including phenoxy) is 2. The zero-order valence-electron chi connectivity index (χ0n) is 17.1. The lowest BCUT2D eigenvalue weighted by molar-refractivity contribution is 0.0514. The SMILES string of the molecule is CCOC(=O)c1nn(-c2ccnc(Nc3ccccc3)c2)cc1OCc1ccccc1. The van der Waals surface area contributed by atoms with Gasteiger partial charge < -0.3 is 14.8 Å². The first-order valence-corrected chi connectivity index (χ1v) is 9.95. The Kier molecular flexibility index (Phi) is 6.23. The molecule has 0 atom stereocenters. The summed E-state index contributed by atoms with van der Waals surface area (Å²) in [6.07, 6.45) is 3.35. The van der Waals surface area contributed by atoms with Gasteiger partial charge in [0, 0.05) is 18.0 Å². The van der Waals surface area contributed by atoms with Gasteiger partial charge in [0.25, 0.3) is 0 Å². The normalized spacial score (nSPS) is 10.5. The van der Waals surface area contributed by atoms with E-state index in [4.69, 9.17) is 9.47 Å². The van der Waals surface area contributed by atoms with Crippen molar-refractivity contribution in [3.8, 4) is 11.4 Å². The highest BCUT2D eigenvalue weighted by atomic mass is 16.5. The Labute approximate surface area is 180 Å². The molecule has 7 heteroatoms. The van der Waals surface area contributed by atoms with Gasteiger partial charge in [-0.25, -0.2) is 14.5 Å². The Morgan fingerprint density at radius 1 is 1.03 bits per heavy atom. The van der Waals surface area contributed by atoms with Gasteiger partial charge in [0.2, 0.25) is 5.69 Å². The van der Waals surface area contributed by atoms with Crippen molar-refractivity contribution in [2.45, 2.75) is 13.5 Å². The largest absolute Gasteiger partial charge is 0.485 e. The number of nitrogens with one attached hydrogen (secondary N) is 1. The lowest BCUT2D eigenvalue weighted by atomic mass is 10.2. The van der Waals surface area contributed by atoms with Crippen LogP contribution in [0.1, 0.15) is 23.0 Å². The average molecular weight is 414 g/mol. The van der Waals surface area contributed by atoms with Crippen molar-refractivity contribution in [1.29, 1.82) is 0 Å². The van der Waals surface area contributed by atoms with E-state index >= 15 is 0 Å². The second kappa shape index (κ2) is 9.58. The first kappa shape index (κ1) is 20.2. The lowest BCUT2D eigenvalue weighted by Crippen LogP contribution is -2.08. The smallest absolute Gasteiger partial charge is 0.362 e. The van der Waals surface area contributed by atoms with Gasteiger partial charge in [-0.15, -0.1) is 0 Å². The van der Waals surface area contributed by atoms with Crippen molar-refractivity contribution >= 4 is 17.5 Å². The molecule has 1 N–H and O–H groups in total. The van der Waals surface area contributed by atoms with Gasteiger partial charge in [0.1, 0.15) is 12.4 Å². The van der Waals surface area contributed by atoms with Crippen LogP contribution >= 0.6 is 0 Å². The van der Waals surface area contributed by atoms with E-state index in [0.29, 0.717) is 18.2 Å². The maximum absolute atomic E-state index is 12.4. The average Bonchev–Trinajstić information content (AvgIpc) is 3.24. The molecule has 0 aliphatic heterocycles. The second-order valence-corrected chi connectivity index (χ2v) is 6.67. The summed E-state index contributed by atoms with van der Waals surface area (Å²) in [5, 5.41) is 7.67. The van der Waals surface area contributed by atoms with E-state index in [-0.39, 0.29) is 12.3 Å². The Bertz CT molecular complexity index is 1140. The van der Waals surface area contributed by atoms with E-state index in [1.165, 1.54) is 0 Å². The Morgan fingerprint density at radius 2 is 1.77 bits per heavy atom. The molecule has 0 fully saturated rings. The predicted molar refractivity (Wildman–Crippen MR) is 118 cm³/mol. The maximum atomic E-state index is 12.4. The van der Waals surface area contributed by atoms with Crippen LogP contribution in [0.5, 0.6) is 5.75 Å². The highest BCUT2D eigenvalue weighted by molar-refractivity contribution is 5.90. The van der Waals surface area contributed by atoms with Gasteiger partial charge in [0.15, 0.2) is 5.75 Å². The number of nitrogens with zero attached hydrogens (tertiary/aromatic N) is 3. The van der Waals surface area contributed by atoms with E-state index < -0.39 is 5.97 Å². The molecule has 0 radical (unpaired) electrons. The molecule has 31 heavy (non-hydrogen) atoms. The van der Waals surface area contributed by atoms with Crippen LogP contribution in [0.15, 0.2) is 85.2 Å². The monoisotopic (exact) mass is 414 g/mol. The third kappa shape index (κ3) is 5.08. The number of hydrogen-bond donors (Lipinski definition) is 1. The second-order valence-electron chi connectivity index (χ2n) is 6.67. The van der Waals surface area contributed by atoms with E-state index in [1.807, 2.05) is 66.7 Å². The van der Waals surface area contributed by atoms with Crippen LogP contribution < -0.4 is 10.1 Å². The first-order chi connectivity index (χ1) is 15.2. The van der Waals surface area contributed by atoms with Crippen LogP contribution in [-0.4, -0.2) is 27.3 Å². The van der Waals surface area contributed by atoms with Crippen molar-refractivity contribution in [3.63, 3.8) is 0 Å². The standard InChI is InChI=1S/C24H22N4O3/c1-2-30-24(29)23-21(31-17-18-9-5-3-6-10-18)16-28(27-23)20-13-14-25-22(15-20)26-19-11-7-4-8-12-19/h3-16H,2,17H2,1H3,(H,25,26). The predicted octanol–water partition coefficient (Wildman–Crippen LogP) is 4.77. The van der Waals surface area contributed by atoms with Crippen LogP contribution in [0.3, 0.4) is 0 Å². The van der Waals surface area contributed by atoms with E-state index in [1.54, 1.807) is 30.1 Å². The first-order valence-electron chi connectivity index (χ1n) is 9.95. The summed E-state index contributed by atoms with van der Waals surface area (Å²) in [7, 11) is 0. The van der Waals surface area contributed by atoms with E-state index in [9.17, 15) is 4.79 Å². The highest BCUT2D eigenvalue weighted by Crippen LogP contribution is 2.23. The minimum absolute atomic E-state index is 0.132. The number of esters is 1. The molecular weight excluding hydrogens is 392 g/mol. The molecule has 2 aromatic heterocycles. The molecule has 0 amide bonds. The van der Waals surface area contributed by atoms with Crippen LogP contribution in [0, 0.1) is 0 Å². The lowest BCUT2D eigenvalue weighted by Gasteiger charge is -2.07. The fraction of sp³-hybridized carbons (Fsp3) is 0.125. The Morgan fingerprint density at radius 3 is 2.52 bits per heavy atom. The maximum Gasteiger partial charge on any atom is 0.362 e. The highest BCUT2D eigenvalue weighted by Gasteiger charge is 2.20. The van der Waals surface area contributed by atoms with Gasteiger partial charge >= 0.3 is 5.97 Å². The number of hydrogen-bond acceptors (Lipinski definition) is 6. The molecule has 4 aromatic rings. The van der Waals surface area contributed by atoms with Crippen LogP contribution in [0.2, 0.25) is 0 Å². The molecule has 0 unspecified atom stereocenters. The fourth-order valence-corrected chi connectivity index (χ4v) is 2.97. The van der Waals surface area contributed by atoms with Crippen LogP contribution in [0.25, 0.3) is 5.69 Å². The van der Waals surface area contributed by atoms with Gasteiger partial charge in [-0.3, -0.25) is 0 Å². The molecule has 2 aromatic carbocycles. The van der Waals surface area contributed by atoms with Crippen molar-refractivity contribution in [3.05, 3.63) is 96.4 Å². The molecule has 4 rings (SSSR count). The van der Waals surface area contributed by atoms with Crippen molar-refractivity contribution in [2.24, 2.45) is 0 Å². The van der Waals surface area contributed by atoms with E-state index in [0.717, 1.165) is 16.9 Å². The number of carbonyl (C=O) groups is 1. The number of benzene rings is 2. The summed E-state index contributed by atoms with van der Waals surface area (Å²) in [5.41, 5.74) is 2.77. The van der Waals surface area contributed by atoms with Crippen molar-refractivity contribution in [1.82, 2.24) is 14.8 Å². The number of pyridine rings is 1. The zero-order chi connectivity index (χ0) is 21.5. The molecule has 0 saturated carbocycles. The summed E-state index contributed by atoms with van der Waals surface area (Å²) < 4.78 is 12.6. The molecule has 0 aliphatic carbocycles. The molecule has 0 aliphatic rings. The number of anilines is 2. The molecule has 156 valence electrons. The summed E-state index contributed by atoms with van der Waals surface area (Å²) in [6.45, 7) is 2.32. The Hall–Kier alpha value is -4.13. The number of rotatable bonds is 8. The molecular formula is C24H22N4O3. The van der Waals surface area contributed by atoms with Gasteiger partial charge in [-0.1, -0.05) is 48.5 Å². The summed E-state index contributed by atoms with van der Waals surface area (Å²) in [5.74, 6) is 0.487. The quantitative estimate of drug-likeness (QED) is 0.419. The van der Waals surface area contributed by atoms with Gasteiger partial charge in [-0.05, 0) is 30.7 Å². The summed E-state index contributed by atoms with van der Waals surface area (Å²) >= 11 is 0. The number of aromatic nitrogens is 3. The van der Waals surface area contributed by atoms with Crippen LogP contribution in [-0.2, 0) is 11.3 Å². The van der Waals surface area contributed by atoms with Gasteiger partial charge in [-0.2, -0.15) is 5.10 Å². The van der Waals surface area contributed by atoms with Crippen molar-refractivity contribution in [2.75, 3.05) is 11.9 Å². The molecule has 0 saturated heterocycles. The topological polar surface area (TPSA) is 78.3 Å². The van der Waals surface area contributed by atoms with Crippen molar-refractivity contribution < 1.29 is 14.3 Å². The zero-order valence-corrected chi connectivity index (χ0v) is 17.1. The number of carbonyl (C=O) groups excluding carboxylic acids is 1.